The van der Waals surface area contributed by atoms with Crippen LogP contribution in [0, 0.1) is 10.1 Å². The van der Waals surface area contributed by atoms with Gasteiger partial charge in [-0.2, -0.15) is 0 Å². The summed E-state index contributed by atoms with van der Waals surface area (Å²) < 4.78 is 0. The Balaban J connectivity index is 1.97. The van der Waals surface area contributed by atoms with E-state index in [2.05, 4.69) is 0 Å². The van der Waals surface area contributed by atoms with Crippen LogP contribution < -0.4 is 5.73 Å². The summed E-state index contributed by atoms with van der Waals surface area (Å²) in [6.07, 6.45) is 0. The van der Waals surface area contributed by atoms with Crippen LogP contribution in [0.1, 0.15) is 15.9 Å². The molecule has 2 N–H and O–H groups in total. The van der Waals surface area contributed by atoms with Crippen molar-refractivity contribution in [2.24, 2.45) is 0 Å². The molecule has 0 heterocycles. The number of rotatable bonds is 4. The molecule has 0 unspecified atom stereocenters. The number of hydrogen-bond donors (Lipinski definition) is 1. The zero-order chi connectivity index (χ0) is 17.1. The maximum Gasteiger partial charge on any atom is 0.270 e. The van der Waals surface area contributed by atoms with Gasteiger partial charge < -0.3 is 5.73 Å². The van der Waals surface area contributed by atoms with Crippen molar-refractivity contribution in [3.63, 3.8) is 0 Å². The van der Waals surface area contributed by atoms with Crippen molar-refractivity contribution in [1.29, 1.82) is 0 Å². The largest absolute Gasteiger partial charge is 0.398 e. The number of nitro groups is 1. The Bertz CT molecular complexity index is 921. The lowest BCUT2D eigenvalue weighted by molar-refractivity contribution is -0.384. The first-order valence-corrected chi connectivity index (χ1v) is 7.30. The van der Waals surface area contributed by atoms with E-state index in [1.54, 1.807) is 54.6 Å². The zero-order valence-electron chi connectivity index (χ0n) is 12.7. The van der Waals surface area contributed by atoms with Crippen molar-refractivity contribution in [3.05, 3.63) is 94.0 Å². The van der Waals surface area contributed by atoms with Gasteiger partial charge in [0.25, 0.3) is 5.69 Å². The number of nitrogens with zero attached hydrogens (tertiary/aromatic N) is 1. The fraction of sp³-hybridized carbons (Fsp3) is 0. The van der Waals surface area contributed by atoms with Crippen molar-refractivity contribution < 1.29 is 9.72 Å². The molecular weight excluding hydrogens is 304 g/mol. The number of carbonyl (C=O) groups is 1. The van der Waals surface area contributed by atoms with Gasteiger partial charge in [-0.3, -0.25) is 14.9 Å². The summed E-state index contributed by atoms with van der Waals surface area (Å²) in [5, 5.41) is 10.9. The second-order valence-corrected chi connectivity index (χ2v) is 5.30. The molecule has 0 saturated carbocycles. The molecule has 0 aliphatic carbocycles. The molecule has 5 nitrogen and oxygen atoms in total. The number of carbonyl (C=O) groups excluding carboxylic acids is 1. The number of benzene rings is 3. The average molecular weight is 318 g/mol. The summed E-state index contributed by atoms with van der Waals surface area (Å²) in [5.74, 6) is -0.154. The van der Waals surface area contributed by atoms with Gasteiger partial charge in [0, 0.05) is 28.9 Å². The maximum absolute atomic E-state index is 12.5. The lowest BCUT2D eigenvalue weighted by Crippen LogP contribution is -2.05. The maximum atomic E-state index is 12.5. The zero-order valence-corrected chi connectivity index (χ0v) is 12.7. The normalized spacial score (nSPS) is 10.3. The summed E-state index contributed by atoms with van der Waals surface area (Å²) in [5.41, 5.74) is 8.76. The average Bonchev–Trinajstić information content (AvgIpc) is 2.62. The molecule has 3 rings (SSSR count). The number of hydrogen-bond acceptors (Lipinski definition) is 4. The molecule has 118 valence electrons. The van der Waals surface area contributed by atoms with E-state index in [0.29, 0.717) is 22.4 Å². The van der Waals surface area contributed by atoms with Crippen molar-refractivity contribution >= 4 is 17.2 Å². The Kier molecular flexibility index (Phi) is 4.07. The minimum atomic E-state index is -0.444. The molecule has 0 fully saturated rings. The second kappa shape index (κ2) is 6.34. The summed E-state index contributed by atoms with van der Waals surface area (Å²) >= 11 is 0. The van der Waals surface area contributed by atoms with E-state index in [9.17, 15) is 14.9 Å². The van der Waals surface area contributed by atoms with Crippen LogP contribution in [0.25, 0.3) is 11.1 Å². The Labute approximate surface area is 138 Å². The van der Waals surface area contributed by atoms with Crippen molar-refractivity contribution in [1.82, 2.24) is 0 Å². The number of non-ortho nitro benzene ring substituents is 1. The summed E-state index contributed by atoms with van der Waals surface area (Å²) in [4.78, 5) is 22.9. The monoisotopic (exact) mass is 318 g/mol. The molecule has 0 atom stereocenters. The number of ketones is 1. The molecule has 0 amide bonds. The predicted molar refractivity (Wildman–Crippen MR) is 92.8 cm³/mol. The molecule has 0 spiro atoms. The van der Waals surface area contributed by atoms with E-state index in [4.69, 9.17) is 5.73 Å². The van der Waals surface area contributed by atoms with Crippen molar-refractivity contribution in [2.75, 3.05) is 5.73 Å². The summed E-state index contributed by atoms with van der Waals surface area (Å²) in [6, 6.07) is 20.2. The van der Waals surface area contributed by atoms with Crippen LogP contribution >= 0.6 is 0 Å². The van der Waals surface area contributed by atoms with Gasteiger partial charge in [0.15, 0.2) is 5.78 Å². The molecule has 0 aliphatic heterocycles. The number of nitro benzene ring substituents is 1. The highest BCUT2D eigenvalue weighted by molar-refractivity contribution is 6.12. The van der Waals surface area contributed by atoms with Crippen LogP contribution in [0.4, 0.5) is 11.4 Å². The summed E-state index contributed by atoms with van der Waals surface area (Å²) in [7, 11) is 0. The molecule has 3 aromatic carbocycles. The third kappa shape index (κ3) is 3.01. The smallest absolute Gasteiger partial charge is 0.270 e. The molecule has 0 bridgehead atoms. The number of nitrogen functional groups attached to an aromatic ring is 1. The van der Waals surface area contributed by atoms with E-state index in [1.807, 2.05) is 6.07 Å². The molecule has 3 aromatic rings. The van der Waals surface area contributed by atoms with E-state index in [0.717, 1.165) is 5.56 Å². The van der Waals surface area contributed by atoms with Gasteiger partial charge in [-0.1, -0.05) is 48.5 Å². The highest BCUT2D eigenvalue weighted by atomic mass is 16.6. The third-order valence-electron chi connectivity index (χ3n) is 3.72. The topological polar surface area (TPSA) is 86.2 Å². The predicted octanol–water partition coefficient (Wildman–Crippen LogP) is 4.08. The SMILES string of the molecule is Nc1cc(-c2cccc([N+](=O)[O-])c2)ccc1C(=O)c1ccccc1. The molecule has 5 heteroatoms. The van der Waals surface area contributed by atoms with Crippen LogP contribution in [0.2, 0.25) is 0 Å². The van der Waals surface area contributed by atoms with Crippen molar-refractivity contribution in [3.8, 4) is 11.1 Å². The third-order valence-corrected chi connectivity index (χ3v) is 3.72. The van der Waals surface area contributed by atoms with Gasteiger partial charge in [0.2, 0.25) is 0 Å². The molecule has 0 aromatic heterocycles. The molecule has 24 heavy (non-hydrogen) atoms. The Morgan fingerprint density at radius 3 is 2.25 bits per heavy atom. The Morgan fingerprint density at radius 1 is 0.875 bits per heavy atom. The second-order valence-electron chi connectivity index (χ2n) is 5.30. The molecule has 0 radical (unpaired) electrons. The quantitative estimate of drug-likeness (QED) is 0.340. The first-order chi connectivity index (χ1) is 11.6. The molecular formula is C19H14N2O3. The van der Waals surface area contributed by atoms with E-state index >= 15 is 0 Å². The first-order valence-electron chi connectivity index (χ1n) is 7.30. The first kappa shape index (κ1) is 15.4. The molecule has 0 saturated heterocycles. The number of nitrogens with two attached hydrogens (primary N) is 1. The number of anilines is 1. The van der Waals surface area contributed by atoms with Crippen LogP contribution in [-0.2, 0) is 0 Å². The highest BCUT2D eigenvalue weighted by Gasteiger charge is 2.14. The van der Waals surface area contributed by atoms with Gasteiger partial charge in [-0.05, 0) is 23.3 Å². The Morgan fingerprint density at radius 2 is 1.58 bits per heavy atom. The minimum absolute atomic E-state index is 0.00973. The van der Waals surface area contributed by atoms with E-state index in [1.165, 1.54) is 12.1 Å². The van der Waals surface area contributed by atoms with Crippen LogP contribution in [0.15, 0.2) is 72.8 Å². The van der Waals surface area contributed by atoms with Gasteiger partial charge in [-0.15, -0.1) is 0 Å². The fourth-order valence-corrected chi connectivity index (χ4v) is 2.49. The molecule has 0 aliphatic rings. The lowest BCUT2D eigenvalue weighted by Gasteiger charge is -2.08. The fourth-order valence-electron chi connectivity index (χ4n) is 2.49. The van der Waals surface area contributed by atoms with Gasteiger partial charge >= 0.3 is 0 Å². The van der Waals surface area contributed by atoms with Crippen LogP contribution in [-0.4, -0.2) is 10.7 Å². The van der Waals surface area contributed by atoms with E-state index in [-0.39, 0.29) is 11.5 Å². The standard InChI is InChI=1S/C19H14N2O3/c20-18-12-15(14-7-4-8-16(11-14)21(23)24)9-10-17(18)19(22)13-5-2-1-3-6-13/h1-12H,20H2. The van der Waals surface area contributed by atoms with Crippen LogP contribution in [0.3, 0.4) is 0 Å². The van der Waals surface area contributed by atoms with E-state index < -0.39 is 4.92 Å². The van der Waals surface area contributed by atoms with Crippen molar-refractivity contribution in [2.45, 2.75) is 0 Å². The Hall–Kier alpha value is -3.47. The highest BCUT2D eigenvalue weighted by Crippen LogP contribution is 2.28. The van der Waals surface area contributed by atoms with Gasteiger partial charge in [0.1, 0.15) is 0 Å². The van der Waals surface area contributed by atoms with Gasteiger partial charge in [-0.25, -0.2) is 0 Å². The van der Waals surface area contributed by atoms with Crippen LogP contribution in [0.5, 0.6) is 0 Å². The minimum Gasteiger partial charge on any atom is -0.398 e. The summed E-state index contributed by atoms with van der Waals surface area (Å²) in [6.45, 7) is 0. The lowest BCUT2D eigenvalue weighted by atomic mass is 9.97. The van der Waals surface area contributed by atoms with Gasteiger partial charge in [0.05, 0.1) is 4.92 Å².